The van der Waals surface area contributed by atoms with E-state index in [-0.39, 0.29) is 12.3 Å². The van der Waals surface area contributed by atoms with Crippen LogP contribution in [0.1, 0.15) is 21.9 Å². The van der Waals surface area contributed by atoms with Crippen molar-refractivity contribution in [2.45, 2.75) is 6.92 Å². The molecule has 0 spiro atoms. The molecule has 20 heavy (non-hydrogen) atoms. The van der Waals surface area contributed by atoms with Gasteiger partial charge in [0.25, 0.3) is 5.91 Å². The highest BCUT2D eigenvalue weighted by atomic mass is 16.2. The molecule has 0 radical (unpaired) electrons. The minimum absolute atomic E-state index is 0.212. The van der Waals surface area contributed by atoms with Crippen LogP contribution in [0.5, 0.6) is 0 Å². The molecule has 100 valence electrons. The predicted octanol–water partition coefficient (Wildman–Crippen LogP) is 0.776. The van der Waals surface area contributed by atoms with E-state index in [2.05, 4.69) is 32.1 Å². The number of pyridine rings is 1. The molecule has 0 saturated carbocycles. The van der Waals surface area contributed by atoms with Crippen LogP contribution in [0.15, 0.2) is 30.6 Å². The van der Waals surface area contributed by atoms with Crippen molar-refractivity contribution >= 4 is 11.7 Å². The molecule has 2 N–H and O–H groups in total. The van der Waals surface area contributed by atoms with Crippen LogP contribution in [-0.4, -0.2) is 32.6 Å². The summed E-state index contributed by atoms with van der Waals surface area (Å²) in [6.45, 7) is 1.55. The highest BCUT2D eigenvalue weighted by Gasteiger charge is 2.08. The second-order valence-corrected chi connectivity index (χ2v) is 3.87. The number of hydrogen-bond acceptors (Lipinski definition) is 5. The van der Waals surface area contributed by atoms with Gasteiger partial charge < -0.3 is 10.4 Å². The van der Waals surface area contributed by atoms with Gasteiger partial charge in [-0.2, -0.15) is 0 Å². The molecule has 0 bridgehead atoms. The summed E-state index contributed by atoms with van der Waals surface area (Å²) in [5.74, 6) is 5.13. The Bertz CT molecular complexity index is 672. The zero-order valence-electron chi connectivity index (χ0n) is 10.8. The molecule has 0 aliphatic carbocycles. The number of nitrogens with zero attached hydrogens (tertiary/aromatic N) is 3. The van der Waals surface area contributed by atoms with Crippen molar-refractivity contribution in [1.29, 1.82) is 0 Å². The first-order valence-electron chi connectivity index (χ1n) is 5.86. The minimum atomic E-state index is -0.391. The van der Waals surface area contributed by atoms with Crippen LogP contribution in [0.2, 0.25) is 0 Å². The zero-order valence-corrected chi connectivity index (χ0v) is 10.8. The summed E-state index contributed by atoms with van der Waals surface area (Å²) < 4.78 is 0. The van der Waals surface area contributed by atoms with E-state index >= 15 is 0 Å². The van der Waals surface area contributed by atoms with Gasteiger partial charge in [0.2, 0.25) is 0 Å². The Morgan fingerprint density at radius 1 is 1.35 bits per heavy atom. The van der Waals surface area contributed by atoms with Crippen molar-refractivity contribution in [2.24, 2.45) is 0 Å². The number of rotatable bonds is 2. The lowest BCUT2D eigenvalue weighted by molar-refractivity contribution is 0.102. The van der Waals surface area contributed by atoms with Crippen molar-refractivity contribution in [3.05, 3.63) is 47.7 Å². The number of aliphatic hydroxyl groups is 1. The largest absolute Gasteiger partial charge is 0.384 e. The molecule has 2 heterocycles. The molecule has 0 aromatic carbocycles. The number of hydrogen-bond donors (Lipinski definition) is 2. The molecule has 6 nitrogen and oxygen atoms in total. The molecule has 0 aliphatic heterocycles. The SMILES string of the molecule is Cc1cnc(C(=O)Nc2cccc(C#CCO)n2)cn1. The van der Waals surface area contributed by atoms with E-state index in [0.717, 1.165) is 5.69 Å². The normalized spacial score (nSPS) is 9.50. The van der Waals surface area contributed by atoms with Gasteiger partial charge in [0.05, 0.1) is 11.9 Å². The van der Waals surface area contributed by atoms with Crippen molar-refractivity contribution in [1.82, 2.24) is 15.0 Å². The molecule has 0 atom stereocenters. The van der Waals surface area contributed by atoms with E-state index in [1.165, 1.54) is 12.4 Å². The molecule has 0 fully saturated rings. The average molecular weight is 268 g/mol. The van der Waals surface area contributed by atoms with Crippen LogP contribution in [-0.2, 0) is 0 Å². The molecular weight excluding hydrogens is 256 g/mol. The van der Waals surface area contributed by atoms with Gasteiger partial charge in [-0.05, 0) is 25.0 Å². The number of aromatic nitrogens is 3. The van der Waals surface area contributed by atoms with Crippen LogP contribution in [0.25, 0.3) is 0 Å². The molecule has 0 unspecified atom stereocenters. The van der Waals surface area contributed by atoms with Crippen molar-refractivity contribution in [2.75, 3.05) is 11.9 Å². The summed E-state index contributed by atoms with van der Waals surface area (Å²) in [6.07, 6.45) is 2.92. The van der Waals surface area contributed by atoms with Crippen LogP contribution < -0.4 is 5.32 Å². The van der Waals surface area contributed by atoms with Crippen LogP contribution in [0.3, 0.4) is 0 Å². The maximum atomic E-state index is 11.9. The lowest BCUT2D eigenvalue weighted by atomic mass is 10.3. The lowest BCUT2D eigenvalue weighted by Gasteiger charge is -2.04. The summed E-state index contributed by atoms with van der Waals surface area (Å²) in [7, 11) is 0. The molecular formula is C14H12N4O2. The molecule has 0 aliphatic rings. The Morgan fingerprint density at radius 2 is 2.20 bits per heavy atom. The molecule has 2 aromatic rings. The second-order valence-electron chi connectivity index (χ2n) is 3.87. The van der Waals surface area contributed by atoms with Crippen LogP contribution in [0, 0.1) is 18.8 Å². The third kappa shape index (κ3) is 3.60. The van der Waals surface area contributed by atoms with Crippen molar-refractivity contribution in [3.63, 3.8) is 0 Å². The first-order chi connectivity index (χ1) is 9.69. The molecule has 6 heteroatoms. The first kappa shape index (κ1) is 13.6. The quantitative estimate of drug-likeness (QED) is 0.786. The number of nitrogens with one attached hydrogen (secondary N) is 1. The van der Waals surface area contributed by atoms with E-state index in [4.69, 9.17) is 5.11 Å². The van der Waals surface area contributed by atoms with E-state index in [0.29, 0.717) is 11.5 Å². The summed E-state index contributed by atoms with van der Waals surface area (Å²) in [5, 5.41) is 11.2. The fourth-order valence-electron chi connectivity index (χ4n) is 1.39. The molecule has 2 rings (SSSR count). The Hall–Kier alpha value is -2.78. The zero-order chi connectivity index (χ0) is 14.4. The topological polar surface area (TPSA) is 88.0 Å². The Labute approximate surface area is 115 Å². The van der Waals surface area contributed by atoms with Gasteiger partial charge in [0, 0.05) is 6.20 Å². The molecule has 0 saturated heterocycles. The van der Waals surface area contributed by atoms with Gasteiger partial charge >= 0.3 is 0 Å². The standard InChI is InChI=1S/C14H12N4O2/c1-10-8-16-12(9-15-10)14(20)18-13-6-2-4-11(17-13)5-3-7-19/h2,4,6,8-9,19H,7H2,1H3,(H,17,18,20). The summed E-state index contributed by atoms with van der Waals surface area (Å²) >= 11 is 0. The van der Waals surface area contributed by atoms with Crippen molar-refractivity contribution < 1.29 is 9.90 Å². The van der Waals surface area contributed by atoms with E-state index < -0.39 is 5.91 Å². The number of carbonyl (C=O) groups is 1. The smallest absolute Gasteiger partial charge is 0.277 e. The third-order valence-electron chi connectivity index (χ3n) is 2.30. The number of amides is 1. The van der Waals surface area contributed by atoms with Crippen LogP contribution >= 0.6 is 0 Å². The van der Waals surface area contributed by atoms with Gasteiger partial charge in [-0.1, -0.05) is 12.0 Å². The summed E-state index contributed by atoms with van der Waals surface area (Å²) in [4.78, 5) is 24.0. The highest BCUT2D eigenvalue weighted by molar-refractivity contribution is 6.02. The monoisotopic (exact) mass is 268 g/mol. The number of aliphatic hydroxyl groups excluding tert-OH is 1. The fraction of sp³-hybridized carbons (Fsp3) is 0.143. The Morgan fingerprint density at radius 3 is 2.90 bits per heavy atom. The molecule has 1 amide bonds. The van der Waals surface area contributed by atoms with E-state index in [1.807, 2.05) is 0 Å². The first-order valence-corrected chi connectivity index (χ1v) is 5.86. The number of aryl methyl sites for hydroxylation is 1. The van der Waals surface area contributed by atoms with E-state index in [1.54, 1.807) is 25.1 Å². The number of carbonyl (C=O) groups excluding carboxylic acids is 1. The maximum Gasteiger partial charge on any atom is 0.277 e. The van der Waals surface area contributed by atoms with Gasteiger partial charge in [-0.15, -0.1) is 0 Å². The summed E-state index contributed by atoms with van der Waals surface area (Å²) in [5.41, 5.74) is 1.41. The van der Waals surface area contributed by atoms with Gasteiger partial charge in [0.15, 0.2) is 0 Å². The van der Waals surface area contributed by atoms with Gasteiger partial charge in [-0.3, -0.25) is 9.78 Å². The van der Waals surface area contributed by atoms with Crippen molar-refractivity contribution in [3.8, 4) is 11.8 Å². The maximum absolute atomic E-state index is 11.9. The van der Waals surface area contributed by atoms with Crippen LogP contribution in [0.4, 0.5) is 5.82 Å². The highest BCUT2D eigenvalue weighted by Crippen LogP contribution is 2.06. The van der Waals surface area contributed by atoms with Gasteiger partial charge in [0.1, 0.15) is 23.8 Å². The molecule has 2 aromatic heterocycles. The Balaban J connectivity index is 2.13. The minimum Gasteiger partial charge on any atom is -0.384 e. The average Bonchev–Trinajstić information content (AvgIpc) is 2.46. The summed E-state index contributed by atoms with van der Waals surface area (Å²) in [6, 6.07) is 5.04. The lowest BCUT2D eigenvalue weighted by Crippen LogP contribution is -2.15. The number of anilines is 1. The predicted molar refractivity (Wildman–Crippen MR) is 72.9 cm³/mol. The Kier molecular flexibility index (Phi) is 4.37. The van der Waals surface area contributed by atoms with Gasteiger partial charge in [-0.25, -0.2) is 9.97 Å². The second kappa shape index (κ2) is 6.41. The van der Waals surface area contributed by atoms with E-state index in [9.17, 15) is 4.79 Å². The third-order valence-corrected chi connectivity index (χ3v) is 2.30. The fourth-order valence-corrected chi connectivity index (χ4v) is 1.39.